The molecule has 0 saturated carbocycles. The number of carbonyl (C=O) groups excluding carboxylic acids is 2. The molecule has 0 N–H and O–H groups in total. The van der Waals surface area contributed by atoms with E-state index >= 15 is 0 Å². The third kappa shape index (κ3) is 5.35. The Morgan fingerprint density at radius 3 is 1.27 bits per heavy atom. The van der Waals surface area contributed by atoms with Gasteiger partial charge in [-0.2, -0.15) is 0 Å². The highest BCUT2D eigenvalue weighted by molar-refractivity contribution is 6.01. The molecule has 0 aliphatic rings. The number of ketones is 2. The first-order valence-electron chi connectivity index (χ1n) is 7.70. The molecule has 1 aromatic rings. The topological polar surface area (TPSA) is 40.6 Å². The van der Waals surface area contributed by atoms with Gasteiger partial charge in [-0.1, -0.05) is 38.1 Å². The molecular formula is C18H28N2O2. The van der Waals surface area contributed by atoms with Gasteiger partial charge in [0.05, 0.1) is 0 Å². The van der Waals surface area contributed by atoms with E-state index in [9.17, 15) is 9.59 Å². The Bertz CT molecular complexity index is 459. The van der Waals surface area contributed by atoms with Gasteiger partial charge in [-0.3, -0.25) is 9.59 Å². The van der Waals surface area contributed by atoms with Gasteiger partial charge in [0.1, 0.15) is 0 Å². The van der Waals surface area contributed by atoms with E-state index in [2.05, 4.69) is 0 Å². The second-order valence-corrected chi connectivity index (χ2v) is 6.63. The minimum atomic E-state index is -0.0517. The van der Waals surface area contributed by atoms with Crippen LogP contribution in [0.15, 0.2) is 24.3 Å². The first-order chi connectivity index (χ1) is 10.2. The third-order valence-corrected chi connectivity index (χ3v) is 3.63. The molecule has 2 unspecified atom stereocenters. The molecule has 0 amide bonds. The summed E-state index contributed by atoms with van der Waals surface area (Å²) >= 11 is 0. The lowest BCUT2D eigenvalue weighted by Gasteiger charge is -2.17. The Morgan fingerprint density at radius 2 is 1.05 bits per heavy atom. The van der Waals surface area contributed by atoms with Gasteiger partial charge >= 0.3 is 0 Å². The molecule has 0 heterocycles. The van der Waals surface area contributed by atoms with E-state index in [1.807, 2.05) is 51.8 Å². The number of rotatable bonds is 8. The maximum absolute atomic E-state index is 12.3. The molecule has 4 heteroatoms. The largest absolute Gasteiger partial charge is 0.309 e. The first-order valence-corrected chi connectivity index (χ1v) is 7.70. The quantitative estimate of drug-likeness (QED) is 0.692. The van der Waals surface area contributed by atoms with Crippen molar-refractivity contribution in [2.24, 2.45) is 11.8 Å². The fourth-order valence-electron chi connectivity index (χ4n) is 2.63. The van der Waals surface area contributed by atoms with Crippen molar-refractivity contribution in [1.82, 2.24) is 9.80 Å². The van der Waals surface area contributed by atoms with Crippen LogP contribution in [-0.4, -0.2) is 62.6 Å². The van der Waals surface area contributed by atoms with Crippen LogP contribution in [-0.2, 0) is 0 Å². The van der Waals surface area contributed by atoms with E-state index in [1.165, 1.54) is 0 Å². The van der Waals surface area contributed by atoms with E-state index in [1.54, 1.807) is 24.3 Å². The van der Waals surface area contributed by atoms with Gasteiger partial charge < -0.3 is 9.80 Å². The van der Waals surface area contributed by atoms with Crippen LogP contribution in [0.5, 0.6) is 0 Å². The molecule has 4 nitrogen and oxygen atoms in total. The molecule has 122 valence electrons. The average Bonchev–Trinajstić information content (AvgIpc) is 2.44. The highest BCUT2D eigenvalue weighted by Gasteiger charge is 2.18. The molecule has 0 aliphatic carbocycles. The maximum Gasteiger partial charge on any atom is 0.166 e. The molecule has 0 spiro atoms. The van der Waals surface area contributed by atoms with Crippen LogP contribution in [0.25, 0.3) is 0 Å². The summed E-state index contributed by atoms with van der Waals surface area (Å²) in [5.74, 6) is 0.136. The van der Waals surface area contributed by atoms with Crippen LogP contribution in [0.3, 0.4) is 0 Å². The molecule has 22 heavy (non-hydrogen) atoms. The minimum absolute atomic E-state index is 0.0517. The zero-order valence-corrected chi connectivity index (χ0v) is 14.6. The van der Waals surface area contributed by atoms with Crippen molar-refractivity contribution in [2.45, 2.75) is 13.8 Å². The van der Waals surface area contributed by atoms with Crippen molar-refractivity contribution in [3.8, 4) is 0 Å². The van der Waals surface area contributed by atoms with Gasteiger partial charge in [-0.05, 0) is 28.2 Å². The molecule has 0 bridgehead atoms. The molecular weight excluding hydrogens is 276 g/mol. The van der Waals surface area contributed by atoms with Crippen molar-refractivity contribution in [2.75, 3.05) is 41.3 Å². The summed E-state index contributed by atoms with van der Waals surface area (Å²) in [6.45, 7) is 5.31. The molecule has 2 atom stereocenters. The van der Waals surface area contributed by atoms with Crippen LogP contribution in [0.1, 0.15) is 34.6 Å². The van der Waals surface area contributed by atoms with Crippen LogP contribution in [0.2, 0.25) is 0 Å². The number of carbonyl (C=O) groups is 2. The fourth-order valence-corrected chi connectivity index (χ4v) is 2.63. The lowest BCUT2D eigenvalue weighted by atomic mass is 9.94. The van der Waals surface area contributed by atoms with Gasteiger partial charge in [-0.15, -0.1) is 0 Å². The summed E-state index contributed by atoms with van der Waals surface area (Å²) in [5.41, 5.74) is 1.34. The molecule has 1 rings (SSSR count). The Hall–Kier alpha value is -1.52. The van der Waals surface area contributed by atoms with Crippen LogP contribution >= 0.6 is 0 Å². The highest BCUT2D eigenvalue weighted by atomic mass is 16.1. The molecule has 1 aromatic carbocycles. The zero-order chi connectivity index (χ0) is 16.9. The fraction of sp³-hybridized carbons (Fsp3) is 0.556. The smallest absolute Gasteiger partial charge is 0.166 e. The number of hydrogen-bond donors (Lipinski definition) is 0. The molecule has 0 fully saturated rings. The van der Waals surface area contributed by atoms with E-state index in [0.717, 1.165) is 13.1 Å². The van der Waals surface area contributed by atoms with Gasteiger partial charge in [-0.25, -0.2) is 0 Å². The van der Waals surface area contributed by atoms with Crippen molar-refractivity contribution < 1.29 is 9.59 Å². The molecule has 0 radical (unpaired) electrons. The molecule has 0 aliphatic heterocycles. The van der Waals surface area contributed by atoms with Gasteiger partial charge in [0.15, 0.2) is 11.6 Å². The predicted octanol–water partition coefficient (Wildman–Crippen LogP) is 2.45. The zero-order valence-electron chi connectivity index (χ0n) is 14.6. The first kappa shape index (κ1) is 18.5. The monoisotopic (exact) mass is 304 g/mol. The second-order valence-electron chi connectivity index (χ2n) is 6.63. The molecule has 0 saturated heterocycles. The number of benzene rings is 1. The summed E-state index contributed by atoms with van der Waals surface area (Å²) in [7, 11) is 7.82. The maximum atomic E-state index is 12.3. The Kier molecular flexibility index (Phi) is 6.91. The summed E-state index contributed by atoms with van der Waals surface area (Å²) in [4.78, 5) is 28.7. The summed E-state index contributed by atoms with van der Waals surface area (Å²) in [6, 6.07) is 7.07. The summed E-state index contributed by atoms with van der Waals surface area (Å²) in [6.07, 6.45) is 0. The van der Waals surface area contributed by atoms with Gasteiger partial charge in [0, 0.05) is 36.1 Å². The Morgan fingerprint density at radius 1 is 0.773 bits per heavy atom. The average molecular weight is 304 g/mol. The van der Waals surface area contributed by atoms with Gasteiger partial charge in [0.25, 0.3) is 0 Å². The van der Waals surface area contributed by atoms with E-state index in [0.29, 0.717) is 11.1 Å². The van der Waals surface area contributed by atoms with Gasteiger partial charge in [0.2, 0.25) is 0 Å². The van der Waals surface area contributed by atoms with Crippen LogP contribution < -0.4 is 0 Å². The van der Waals surface area contributed by atoms with Crippen molar-refractivity contribution in [3.63, 3.8) is 0 Å². The normalized spacial score (nSPS) is 14.2. The van der Waals surface area contributed by atoms with E-state index in [-0.39, 0.29) is 23.4 Å². The number of nitrogens with zero attached hydrogens (tertiary/aromatic N) is 2. The van der Waals surface area contributed by atoms with Crippen molar-refractivity contribution >= 4 is 11.6 Å². The van der Waals surface area contributed by atoms with Crippen molar-refractivity contribution in [1.29, 1.82) is 0 Å². The SMILES string of the molecule is CC(CN(C)C)C(=O)c1ccc(C(=O)C(C)CN(C)C)cc1. The van der Waals surface area contributed by atoms with E-state index < -0.39 is 0 Å². The van der Waals surface area contributed by atoms with Crippen molar-refractivity contribution in [3.05, 3.63) is 35.4 Å². The lowest BCUT2D eigenvalue weighted by Crippen LogP contribution is -2.26. The predicted molar refractivity (Wildman–Crippen MR) is 90.5 cm³/mol. The van der Waals surface area contributed by atoms with Crippen LogP contribution in [0, 0.1) is 11.8 Å². The second kappa shape index (κ2) is 8.20. The lowest BCUT2D eigenvalue weighted by molar-refractivity contribution is 0.0899. The Balaban J connectivity index is 2.78. The van der Waals surface area contributed by atoms with Crippen LogP contribution in [0.4, 0.5) is 0 Å². The minimum Gasteiger partial charge on any atom is -0.309 e. The summed E-state index contributed by atoms with van der Waals surface area (Å²) in [5, 5.41) is 0. The standard InChI is InChI=1S/C18H28N2O2/c1-13(11-19(3)4)17(21)15-7-9-16(10-8-15)18(22)14(2)12-20(5)6/h7-10,13-14H,11-12H2,1-6H3. The third-order valence-electron chi connectivity index (χ3n) is 3.63. The summed E-state index contributed by atoms with van der Waals surface area (Å²) < 4.78 is 0. The van der Waals surface area contributed by atoms with E-state index in [4.69, 9.17) is 0 Å². The molecule has 0 aromatic heterocycles. The Labute approximate surface area is 134 Å². The highest BCUT2D eigenvalue weighted by Crippen LogP contribution is 2.14. The number of hydrogen-bond acceptors (Lipinski definition) is 4. The number of Topliss-reactive ketones (excluding diaryl/α,β-unsaturated/α-hetero) is 2.